The van der Waals surface area contributed by atoms with Crippen LogP contribution >= 0.6 is 11.3 Å². The quantitative estimate of drug-likeness (QED) is 0.617. The first-order chi connectivity index (χ1) is 14.9. The highest BCUT2D eigenvalue weighted by atomic mass is 32.2. The molecule has 2 N–H and O–H groups in total. The molecule has 1 aromatic carbocycles. The van der Waals surface area contributed by atoms with E-state index in [1.807, 2.05) is 19.2 Å². The summed E-state index contributed by atoms with van der Waals surface area (Å²) in [7, 11) is -4.42. The topological polar surface area (TPSA) is 101 Å². The Labute approximate surface area is 187 Å². The number of alkyl halides is 3. The molecule has 2 atom stereocenters. The van der Waals surface area contributed by atoms with Crippen molar-refractivity contribution in [1.29, 1.82) is 0 Å². The summed E-state index contributed by atoms with van der Waals surface area (Å²) in [4.78, 5) is 18.7. The second kappa shape index (κ2) is 9.83. The lowest BCUT2D eigenvalue weighted by Gasteiger charge is -2.34. The first kappa shape index (κ1) is 24.6. The van der Waals surface area contributed by atoms with E-state index in [0.29, 0.717) is 11.7 Å². The number of hydrogen-bond acceptors (Lipinski definition) is 7. The molecule has 1 aliphatic heterocycles. The SMILES string of the molecule is CC1CN(Cc2csc(NC(=O)c3cccc(S(=O)(=O)NCC(F)(F)F)c3)n2)CC(C)O1. The number of amides is 1. The van der Waals surface area contributed by atoms with Crippen LogP contribution in [0.3, 0.4) is 0 Å². The van der Waals surface area contributed by atoms with Crippen LogP contribution in [-0.2, 0) is 21.3 Å². The maximum absolute atomic E-state index is 12.5. The minimum absolute atomic E-state index is 0.0209. The van der Waals surface area contributed by atoms with Crippen LogP contribution in [-0.4, -0.2) is 62.2 Å². The maximum Gasteiger partial charge on any atom is 0.402 e. The average molecular weight is 493 g/mol. The van der Waals surface area contributed by atoms with Gasteiger partial charge in [0.1, 0.15) is 6.54 Å². The fourth-order valence-electron chi connectivity index (χ4n) is 3.31. The number of halogens is 3. The summed E-state index contributed by atoms with van der Waals surface area (Å²) in [5.41, 5.74) is 0.756. The number of nitrogens with one attached hydrogen (secondary N) is 2. The van der Waals surface area contributed by atoms with Gasteiger partial charge in [0, 0.05) is 30.6 Å². The number of benzene rings is 1. The number of nitrogens with zero attached hydrogens (tertiary/aromatic N) is 2. The van der Waals surface area contributed by atoms with E-state index in [1.54, 1.807) is 0 Å². The van der Waals surface area contributed by atoms with Crippen molar-refractivity contribution in [3.63, 3.8) is 0 Å². The first-order valence-electron chi connectivity index (χ1n) is 9.71. The number of thiazole rings is 1. The molecule has 2 unspecified atom stereocenters. The number of carbonyl (C=O) groups is 1. The van der Waals surface area contributed by atoms with Crippen molar-refractivity contribution in [3.8, 4) is 0 Å². The summed E-state index contributed by atoms with van der Waals surface area (Å²) in [6.45, 7) is 4.45. The lowest BCUT2D eigenvalue weighted by molar-refractivity contribution is -0.121. The van der Waals surface area contributed by atoms with Crippen LogP contribution in [0.25, 0.3) is 0 Å². The van der Waals surface area contributed by atoms with Crippen molar-refractivity contribution in [2.75, 3.05) is 25.0 Å². The summed E-state index contributed by atoms with van der Waals surface area (Å²) >= 11 is 1.23. The van der Waals surface area contributed by atoms with E-state index in [9.17, 15) is 26.4 Å². The average Bonchev–Trinajstić information content (AvgIpc) is 3.12. The van der Waals surface area contributed by atoms with Crippen molar-refractivity contribution in [2.24, 2.45) is 0 Å². The molecule has 1 saturated heterocycles. The van der Waals surface area contributed by atoms with E-state index in [-0.39, 0.29) is 17.8 Å². The van der Waals surface area contributed by atoms with Gasteiger partial charge in [-0.2, -0.15) is 13.2 Å². The van der Waals surface area contributed by atoms with Crippen molar-refractivity contribution in [1.82, 2.24) is 14.6 Å². The Balaban J connectivity index is 1.63. The molecule has 176 valence electrons. The largest absolute Gasteiger partial charge is 0.402 e. The summed E-state index contributed by atoms with van der Waals surface area (Å²) in [6.07, 6.45) is -4.46. The monoisotopic (exact) mass is 492 g/mol. The van der Waals surface area contributed by atoms with Gasteiger partial charge in [-0.1, -0.05) is 6.07 Å². The smallest absolute Gasteiger partial charge is 0.373 e. The highest BCUT2D eigenvalue weighted by Gasteiger charge is 2.30. The molecule has 1 aliphatic rings. The third-order valence-electron chi connectivity index (χ3n) is 4.52. The Morgan fingerprint density at radius 1 is 1.28 bits per heavy atom. The zero-order valence-corrected chi connectivity index (χ0v) is 19.0. The van der Waals surface area contributed by atoms with Crippen LogP contribution < -0.4 is 10.0 Å². The second-order valence-electron chi connectivity index (χ2n) is 7.52. The molecule has 1 fully saturated rings. The predicted octanol–water partition coefficient (Wildman–Crippen LogP) is 2.85. The lowest BCUT2D eigenvalue weighted by Crippen LogP contribution is -2.44. The van der Waals surface area contributed by atoms with Crippen molar-refractivity contribution >= 4 is 32.4 Å². The van der Waals surface area contributed by atoms with Crippen LogP contribution in [0.15, 0.2) is 34.5 Å². The second-order valence-corrected chi connectivity index (χ2v) is 10.1. The normalized spacial score (nSPS) is 20.3. The molecule has 0 saturated carbocycles. The van der Waals surface area contributed by atoms with Crippen LogP contribution in [0.1, 0.15) is 29.9 Å². The molecule has 2 heterocycles. The minimum atomic E-state index is -4.69. The fourth-order valence-corrected chi connectivity index (χ4v) is 5.07. The Morgan fingerprint density at radius 3 is 2.62 bits per heavy atom. The molecule has 13 heteroatoms. The predicted molar refractivity (Wildman–Crippen MR) is 113 cm³/mol. The molecular weight excluding hydrogens is 469 g/mol. The standard InChI is InChI=1S/C19H23F3N4O4S2/c1-12-7-26(8-13(2)30-12)9-15-10-31-18(24-15)25-17(27)14-4-3-5-16(6-14)32(28,29)23-11-19(20,21)22/h3-6,10,12-13,23H,7-9,11H2,1-2H3,(H,24,25,27). The Morgan fingerprint density at radius 2 is 1.97 bits per heavy atom. The summed E-state index contributed by atoms with van der Waals surface area (Å²) in [5.74, 6) is -0.618. The van der Waals surface area contributed by atoms with E-state index >= 15 is 0 Å². The number of hydrogen-bond donors (Lipinski definition) is 2. The van der Waals surface area contributed by atoms with E-state index in [1.165, 1.54) is 28.2 Å². The van der Waals surface area contributed by atoms with Gasteiger partial charge in [-0.15, -0.1) is 11.3 Å². The Bertz CT molecular complexity index is 1050. The highest BCUT2D eigenvalue weighted by molar-refractivity contribution is 7.89. The molecule has 3 rings (SSSR count). The van der Waals surface area contributed by atoms with Gasteiger partial charge in [0.15, 0.2) is 5.13 Å². The number of carbonyl (C=O) groups excluding carboxylic acids is 1. The molecule has 0 bridgehead atoms. The van der Waals surface area contributed by atoms with E-state index in [2.05, 4.69) is 15.2 Å². The van der Waals surface area contributed by atoms with Gasteiger partial charge in [-0.05, 0) is 32.0 Å². The van der Waals surface area contributed by atoms with Gasteiger partial charge < -0.3 is 4.74 Å². The zero-order chi connectivity index (χ0) is 23.5. The van der Waals surface area contributed by atoms with Crippen molar-refractivity contribution in [3.05, 3.63) is 40.9 Å². The van der Waals surface area contributed by atoms with E-state index < -0.39 is 33.5 Å². The highest BCUT2D eigenvalue weighted by Crippen LogP contribution is 2.21. The summed E-state index contributed by atoms with van der Waals surface area (Å²) in [6, 6.07) is 4.77. The summed E-state index contributed by atoms with van der Waals surface area (Å²) in [5, 5.41) is 4.76. The van der Waals surface area contributed by atoms with Crippen LogP contribution in [0.2, 0.25) is 0 Å². The van der Waals surface area contributed by atoms with Gasteiger partial charge in [-0.3, -0.25) is 15.0 Å². The third-order valence-corrected chi connectivity index (χ3v) is 6.73. The fraction of sp³-hybridized carbons (Fsp3) is 0.474. The van der Waals surface area contributed by atoms with Crippen LogP contribution in [0.5, 0.6) is 0 Å². The molecule has 32 heavy (non-hydrogen) atoms. The molecule has 1 aromatic heterocycles. The molecule has 1 amide bonds. The number of anilines is 1. The van der Waals surface area contributed by atoms with Crippen LogP contribution in [0, 0.1) is 0 Å². The minimum Gasteiger partial charge on any atom is -0.373 e. The Hall–Kier alpha value is -2.06. The van der Waals surface area contributed by atoms with Crippen molar-refractivity contribution in [2.45, 2.75) is 43.7 Å². The summed E-state index contributed by atoms with van der Waals surface area (Å²) < 4.78 is 68.3. The van der Waals surface area contributed by atoms with Gasteiger partial charge in [0.2, 0.25) is 10.0 Å². The molecule has 0 radical (unpaired) electrons. The first-order valence-corrected chi connectivity index (χ1v) is 12.1. The molecule has 0 spiro atoms. The number of sulfonamides is 1. The number of aromatic nitrogens is 1. The lowest BCUT2D eigenvalue weighted by atomic mass is 10.2. The third kappa shape index (κ3) is 6.97. The Kier molecular flexibility index (Phi) is 7.55. The van der Waals surface area contributed by atoms with Gasteiger partial charge in [0.05, 0.1) is 22.8 Å². The molecule has 8 nitrogen and oxygen atoms in total. The molecule has 2 aromatic rings. The van der Waals surface area contributed by atoms with Gasteiger partial charge in [0.25, 0.3) is 5.91 Å². The van der Waals surface area contributed by atoms with Crippen molar-refractivity contribution < 1.29 is 31.1 Å². The van der Waals surface area contributed by atoms with Gasteiger partial charge in [-0.25, -0.2) is 18.1 Å². The molecule has 0 aliphatic carbocycles. The number of rotatable bonds is 7. The zero-order valence-electron chi connectivity index (χ0n) is 17.3. The number of morpholine rings is 1. The van der Waals surface area contributed by atoms with E-state index in [4.69, 9.17) is 4.74 Å². The number of ether oxygens (including phenoxy) is 1. The maximum atomic E-state index is 12.5. The van der Waals surface area contributed by atoms with Gasteiger partial charge >= 0.3 is 6.18 Å². The molecular formula is C19H23F3N4O4S2. The van der Waals surface area contributed by atoms with E-state index in [0.717, 1.165) is 30.9 Å². The van der Waals surface area contributed by atoms with Crippen LogP contribution in [0.4, 0.5) is 18.3 Å².